The summed E-state index contributed by atoms with van der Waals surface area (Å²) in [6, 6.07) is 19.8. The van der Waals surface area contributed by atoms with E-state index in [2.05, 4.69) is 24.3 Å². The fraction of sp³-hybridized carbons (Fsp3) is 0.227. The maximum atomic E-state index is 12.5. The van der Waals surface area contributed by atoms with Crippen molar-refractivity contribution in [3.63, 3.8) is 0 Å². The van der Waals surface area contributed by atoms with E-state index in [1.807, 2.05) is 54.6 Å². The summed E-state index contributed by atoms with van der Waals surface area (Å²) in [7, 11) is 0. The second kappa shape index (κ2) is 8.99. The van der Waals surface area contributed by atoms with Crippen LogP contribution in [0.15, 0.2) is 71.5 Å². The van der Waals surface area contributed by atoms with Crippen molar-refractivity contribution in [3.8, 4) is 5.75 Å². The van der Waals surface area contributed by atoms with Crippen molar-refractivity contribution in [2.75, 3.05) is 11.9 Å². The van der Waals surface area contributed by atoms with Gasteiger partial charge in [0.25, 0.3) is 11.5 Å². The van der Waals surface area contributed by atoms with Gasteiger partial charge in [-0.25, -0.2) is 4.68 Å². The van der Waals surface area contributed by atoms with Crippen molar-refractivity contribution in [1.82, 2.24) is 9.78 Å². The number of carbonyl (C=O) groups excluding carboxylic acids is 1. The summed E-state index contributed by atoms with van der Waals surface area (Å²) in [5, 5.41) is 6.96. The predicted molar refractivity (Wildman–Crippen MR) is 109 cm³/mol. The molecule has 144 valence electrons. The molecule has 0 radical (unpaired) electrons. The molecule has 0 saturated carbocycles. The molecule has 1 heterocycles. The molecule has 0 unspecified atom stereocenters. The first-order valence-corrected chi connectivity index (χ1v) is 9.20. The Bertz CT molecular complexity index is 980. The molecule has 0 saturated heterocycles. The molecule has 6 nitrogen and oxygen atoms in total. The van der Waals surface area contributed by atoms with Crippen LogP contribution in [0, 0.1) is 0 Å². The Morgan fingerprint density at radius 1 is 1.04 bits per heavy atom. The lowest BCUT2D eigenvalue weighted by Gasteiger charge is -2.10. The standard InChI is InChI=1S/C22H23N3O3/c1-16(2)17-8-10-18(11-9-17)23-22(27)20-12-13-21(26)25(24-20)14-15-28-19-6-4-3-5-7-19/h3-13,16H,14-15H2,1-2H3,(H,23,27). The van der Waals surface area contributed by atoms with Gasteiger partial charge in [-0.2, -0.15) is 5.10 Å². The molecule has 0 spiro atoms. The second-order valence-corrected chi connectivity index (χ2v) is 6.67. The van der Waals surface area contributed by atoms with E-state index in [0.717, 1.165) is 0 Å². The highest BCUT2D eigenvalue weighted by molar-refractivity contribution is 6.02. The van der Waals surface area contributed by atoms with Crippen LogP contribution in [0.4, 0.5) is 5.69 Å². The highest BCUT2D eigenvalue weighted by atomic mass is 16.5. The molecule has 1 aromatic heterocycles. The fourth-order valence-corrected chi connectivity index (χ4v) is 2.64. The molecule has 3 aromatic rings. The maximum absolute atomic E-state index is 12.5. The zero-order chi connectivity index (χ0) is 19.9. The number of carbonyl (C=O) groups is 1. The number of anilines is 1. The average Bonchev–Trinajstić information content (AvgIpc) is 2.70. The number of hydrogen-bond acceptors (Lipinski definition) is 4. The quantitative estimate of drug-likeness (QED) is 0.681. The molecule has 1 amide bonds. The first-order valence-electron chi connectivity index (χ1n) is 9.20. The summed E-state index contributed by atoms with van der Waals surface area (Å²) in [6.45, 7) is 4.75. The first-order chi connectivity index (χ1) is 13.5. The smallest absolute Gasteiger partial charge is 0.276 e. The summed E-state index contributed by atoms with van der Waals surface area (Å²) in [5.41, 5.74) is 1.77. The van der Waals surface area contributed by atoms with Gasteiger partial charge in [0.15, 0.2) is 0 Å². The van der Waals surface area contributed by atoms with Gasteiger partial charge in [-0.1, -0.05) is 44.2 Å². The zero-order valence-electron chi connectivity index (χ0n) is 16.0. The molecule has 0 aliphatic rings. The predicted octanol–water partition coefficient (Wildman–Crippen LogP) is 3.70. The van der Waals surface area contributed by atoms with E-state index in [1.54, 1.807) is 0 Å². The van der Waals surface area contributed by atoms with Crippen molar-refractivity contribution in [3.05, 3.63) is 88.3 Å². The minimum atomic E-state index is -0.366. The van der Waals surface area contributed by atoms with Gasteiger partial charge in [-0.3, -0.25) is 9.59 Å². The topological polar surface area (TPSA) is 73.2 Å². The molecule has 0 aliphatic heterocycles. The molecule has 6 heteroatoms. The van der Waals surface area contributed by atoms with Crippen LogP contribution in [-0.2, 0) is 6.54 Å². The van der Waals surface area contributed by atoms with Gasteiger partial charge in [0.2, 0.25) is 0 Å². The van der Waals surface area contributed by atoms with Gasteiger partial charge in [-0.15, -0.1) is 0 Å². The molecule has 0 atom stereocenters. The minimum absolute atomic E-state index is 0.173. The number of benzene rings is 2. The van der Waals surface area contributed by atoms with Gasteiger partial charge in [0, 0.05) is 11.8 Å². The van der Waals surface area contributed by atoms with Crippen molar-refractivity contribution in [1.29, 1.82) is 0 Å². The monoisotopic (exact) mass is 377 g/mol. The summed E-state index contributed by atoms with van der Waals surface area (Å²) in [6.07, 6.45) is 0. The van der Waals surface area contributed by atoms with Crippen LogP contribution in [0.25, 0.3) is 0 Å². The lowest BCUT2D eigenvalue weighted by atomic mass is 10.0. The minimum Gasteiger partial charge on any atom is -0.492 e. The largest absolute Gasteiger partial charge is 0.492 e. The summed E-state index contributed by atoms with van der Waals surface area (Å²) in [5.74, 6) is 0.775. The number of amides is 1. The van der Waals surface area contributed by atoms with Crippen molar-refractivity contribution in [2.45, 2.75) is 26.3 Å². The third-order valence-electron chi connectivity index (χ3n) is 4.25. The lowest BCUT2D eigenvalue weighted by Crippen LogP contribution is -2.28. The van der Waals surface area contributed by atoms with Crippen LogP contribution in [0.1, 0.15) is 35.8 Å². The van der Waals surface area contributed by atoms with Crippen molar-refractivity contribution in [2.24, 2.45) is 0 Å². The highest BCUT2D eigenvalue weighted by Gasteiger charge is 2.10. The van der Waals surface area contributed by atoms with E-state index < -0.39 is 0 Å². The molecular formula is C22H23N3O3. The molecule has 0 aliphatic carbocycles. The third-order valence-corrected chi connectivity index (χ3v) is 4.25. The van der Waals surface area contributed by atoms with Crippen LogP contribution in [-0.4, -0.2) is 22.3 Å². The van der Waals surface area contributed by atoms with Gasteiger partial charge in [0.1, 0.15) is 18.1 Å². The van der Waals surface area contributed by atoms with Crippen molar-refractivity contribution >= 4 is 11.6 Å². The number of nitrogens with zero attached hydrogens (tertiary/aromatic N) is 2. The SMILES string of the molecule is CC(C)c1ccc(NC(=O)c2ccc(=O)n(CCOc3ccccc3)n2)cc1. The molecule has 28 heavy (non-hydrogen) atoms. The Morgan fingerprint density at radius 3 is 2.43 bits per heavy atom. The first kappa shape index (κ1) is 19.4. The third kappa shape index (κ3) is 5.07. The Kier molecular flexibility index (Phi) is 6.22. The Balaban J connectivity index is 1.64. The average molecular weight is 377 g/mol. The Morgan fingerprint density at radius 2 is 1.75 bits per heavy atom. The van der Waals surface area contributed by atoms with E-state index >= 15 is 0 Å². The summed E-state index contributed by atoms with van der Waals surface area (Å²) < 4.78 is 6.83. The number of aromatic nitrogens is 2. The molecule has 0 fully saturated rings. The van der Waals surface area contributed by atoms with Crippen molar-refractivity contribution < 1.29 is 9.53 Å². The van der Waals surface area contributed by atoms with Gasteiger partial charge in [0.05, 0.1) is 6.54 Å². The van der Waals surface area contributed by atoms with Crippen LogP contribution in [0.3, 0.4) is 0 Å². The van der Waals surface area contributed by atoms with Gasteiger partial charge in [-0.05, 0) is 41.8 Å². The fourth-order valence-electron chi connectivity index (χ4n) is 2.64. The van der Waals surface area contributed by atoms with Crippen LogP contribution >= 0.6 is 0 Å². The summed E-state index contributed by atoms with van der Waals surface area (Å²) in [4.78, 5) is 24.5. The second-order valence-electron chi connectivity index (χ2n) is 6.67. The molecule has 3 rings (SSSR count). The van der Waals surface area contributed by atoms with Crippen LogP contribution in [0.5, 0.6) is 5.75 Å². The highest BCUT2D eigenvalue weighted by Crippen LogP contribution is 2.17. The number of ether oxygens (including phenoxy) is 1. The lowest BCUT2D eigenvalue weighted by molar-refractivity contribution is 0.101. The maximum Gasteiger partial charge on any atom is 0.276 e. The van der Waals surface area contributed by atoms with Crippen LogP contribution in [0.2, 0.25) is 0 Å². The van der Waals surface area contributed by atoms with E-state index in [9.17, 15) is 9.59 Å². The van der Waals surface area contributed by atoms with E-state index in [0.29, 0.717) is 17.4 Å². The molecule has 0 bridgehead atoms. The van der Waals surface area contributed by atoms with Crippen LogP contribution < -0.4 is 15.6 Å². The number of rotatable bonds is 7. The summed E-state index contributed by atoms with van der Waals surface area (Å²) >= 11 is 0. The molecule has 2 aromatic carbocycles. The van der Waals surface area contributed by atoms with E-state index in [1.165, 1.54) is 22.4 Å². The van der Waals surface area contributed by atoms with E-state index in [4.69, 9.17) is 4.74 Å². The number of nitrogens with one attached hydrogen (secondary N) is 1. The Hall–Kier alpha value is -3.41. The molecular weight excluding hydrogens is 354 g/mol. The number of para-hydroxylation sites is 1. The Labute approximate surface area is 163 Å². The molecule has 1 N–H and O–H groups in total. The normalized spacial score (nSPS) is 10.7. The number of hydrogen-bond donors (Lipinski definition) is 1. The van der Waals surface area contributed by atoms with Gasteiger partial charge >= 0.3 is 0 Å². The zero-order valence-corrected chi connectivity index (χ0v) is 16.0. The van der Waals surface area contributed by atoms with Gasteiger partial charge < -0.3 is 10.1 Å². The van der Waals surface area contributed by atoms with E-state index in [-0.39, 0.29) is 30.3 Å².